The Morgan fingerprint density at radius 1 is 1.09 bits per heavy atom. The molecule has 0 saturated carbocycles. The number of anilines is 2. The van der Waals surface area contributed by atoms with Crippen molar-refractivity contribution in [1.29, 1.82) is 0 Å². The van der Waals surface area contributed by atoms with Crippen molar-refractivity contribution in [2.45, 2.75) is 12.8 Å². The van der Waals surface area contributed by atoms with Crippen LogP contribution in [0.5, 0.6) is 11.6 Å². The van der Waals surface area contributed by atoms with Crippen molar-refractivity contribution >= 4 is 29.1 Å². The number of urea groups is 1. The summed E-state index contributed by atoms with van der Waals surface area (Å²) in [6.45, 7) is 0.988. The molecule has 120 valence electrons. The summed E-state index contributed by atoms with van der Waals surface area (Å²) in [7, 11) is 0. The molecule has 1 aliphatic heterocycles. The van der Waals surface area contributed by atoms with Gasteiger partial charge in [-0.3, -0.25) is 10.3 Å². The van der Waals surface area contributed by atoms with E-state index >= 15 is 0 Å². The fourth-order valence-electron chi connectivity index (χ4n) is 2.03. The van der Waals surface area contributed by atoms with Crippen molar-refractivity contribution in [2.24, 2.45) is 0 Å². The summed E-state index contributed by atoms with van der Waals surface area (Å²) in [6.07, 6.45) is 4.55. The van der Waals surface area contributed by atoms with Crippen molar-refractivity contribution in [3.05, 3.63) is 35.6 Å². The molecule has 0 spiro atoms. The molecule has 0 atom stereocenters. The minimum Gasteiger partial charge on any atom is -0.491 e. The number of rotatable bonds is 0. The van der Waals surface area contributed by atoms with E-state index in [1.54, 1.807) is 18.2 Å². The van der Waals surface area contributed by atoms with Gasteiger partial charge in [-0.05, 0) is 25.0 Å². The Balaban J connectivity index is 1.84. The van der Waals surface area contributed by atoms with Crippen LogP contribution in [0, 0.1) is 0 Å². The van der Waals surface area contributed by atoms with Crippen molar-refractivity contribution < 1.29 is 14.3 Å². The van der Waals surface area contributed by atoms with Crippen LogP contribution < -0.4 is 20.1 Å². The normalized spacial score (nSPS) is 15.1. The zero-order valence-corrected chi connectivity index (χ0v) is 13.0. The van der Waals surface area contributed by atoms with Crippen molar-refractivity contribution in [3.63, 3.8) is 0 Å². The molecule has 2 aromatic rings. The molecule has 3 rings (SSSR count). The summed E-state index contributed by atoms with van der Waals surface area (Å²) in [5.74, 6) is 1.19. The van der Waals surface area contributed by atoms with Gasteiger partial charge in [0.2, 0.25) is 5.88 Å². The first-order chi connectivity index (χ1) is 11.2. The van der Waals surface area contributed by atoms with Crippen molar-refractivity contribution in [3.8, 4) is 11.6 Å². The van der Waals surface area contributed by atoms with Gasteiger partial charge in [0.15, 0.2) is 5.82 Å². The van der Waals surface area contributed by atoms with Crippen LogP contribution in [0.3, 0.4) is 0 Å². The van der Waals surface area contributed by atoms with E-state index in [9.17, 15) is 4.79 Å². The number of benzene rings is 1. The largest absolute Gasteiger partial charge is 0.491 e. The van der Waals surface area contributed by atoms with Gasteiger partial charge >= 0.3 is 6.03 Å². The molecular formula is C15H15ClN4O3. The van der Waals surface area contributed by atoms with Crippen LogP contribution in [0.4, 0.5) is 16.3 Å². The highest BCUT2D eigenvalue weighted by atomic mass is 35.5. The zero-order chi connectivity index (χ0) is 16.1. The molecule has 1 aromatic heterocycles. The van der Waals surface area contributed by atoms with E-state index < -0.39 is 6.03 Å². The van der Waals surface area contributed by atoms with Gasteiger partial charge in [-0.2, -0.15) is 4.98 Å². The summed E-state index contributed by atoms with van der Waals surface area (Å²) in [5, 5.41) is 5.84. The maximum Gasteiger partial charge on any atom is 0.325 e. The van der Waals surface area contributed by atoms with E-state index in [-0.39, 0.29) is 0 Å². The Morgan fingerprint density at radius 2 is 1.91 bits per heavy atom. The van der Waals surface area contributed by atoms with Gasteiger partial charge < -0.3 is 14.8 Å². The molecule has 23 heavy (non-hydrogen) atoms. The van der Waals surface area contributed by atoms with Crippen LogP contribution in [0.2, 0.25) is 5.02 Å². The van der Waals surface area contributed by atoms with Crippen LogP contribution in [-0.2, 0) is 0 Å². The first-order valence-electron chi connectivity index (χ1n) is 7.16. The monoisotopic (exact) mass is 334 g/mol. The molecule has 0 aliphatic carbocycles. The molecule has 0 radical (unpaired) electrons. The number of hydrogen-bond donors (Lipinski definition) is 2. The van der Waals surface area contributed by atoms with Crippen LogP contribution in [0.15, 0.2) is 30.6 Å². The topological polar surface area (TPSA) is 85.4 Å². The lowest BCUT2D eigenvalue weighted by atomic mass is 10.3. The molecule has 1 aromatic carbocycles. The second kappa shape index (κ2) is 7.15. The fraction of sp³-hybridized carbons (Fsp3) is 0.267. The molecule has 8 heteroatoms. The predicted octanol–water partition coefficient (Wildman–Crippen LogP) is 3.33. The van der Waals surface area contributed by atoms with Crippen molar-refractivity contribution in [1.82, 2.24) is 9.97 Å². The molecule has 2 amide bonds. The van der Waals surface area contributed by atoms with Crippen molar-refractivity contribution in [2.75, 3.05) is 23.8 Å². The minimum absolute atomic E-state index is 0.300. The van der Waals surface area contributed by atoms with E-state index in [1.807, 2.05) is 0 Å². The number of hydrogen-bond acceptors (Lipinski definition) is 5. The second-order valence-electron chi connectivity index (χ2n) is 4.87. The highest BCUT2D eigenvalue weighted by molar-refractivity contribution is 6.30. The maximum atomic E-state index is 12.1. The van der Waals surface area contributed by atoms with Gasteiger partial charge in [-0.15, -0.1) is 0 Å². The molecule has 0 fully saturated rings. The Bertz CT molecular complexity index is 711. The minimum atomic E-state index is -0.458. The Hall–Kier alpha value is -2.54. The third-order valence-electron chi connectivity index (χ3n) is 3.09. The number of aromatic nitrogens is 2. The lowest BCUT2D eigenvalue weighted by Crippen LogP contribution is -2.21. The first-order valence-corrected chi connectivity index (χ1v) is 7.54. The van der Waals surface area contributed by atoms with Crippen LogP contribution >= 0.6 is 11.6 Å². The molecule has 0 unspecified atom stereocenters. The van der Waals surface area contributed by atoms with Gasteiger partial charge in [0.25, 0.3) is 0 Å². The van der Waals surface area contributed by atoms with Gasteiger partial charge in [0.05, 0.1) is 31.3 Å². The molecule has 7 nitrogen and oxygen atoms in total. The number of carbonyl (C=O) groups is 1. The summed E-state index contributed by atoms with van der Waals surface area (Å²) in [4.78, 5) is 20.3. The number of ether oxygens (including phenoxy) is 2. The summed E-state index contributed by atoms with van der Waals surface area (Å²) >= 11 is 5.98. The molecule has 2 heterocycles. The van der Waals surface area contributed by atoms with E-state index in [4.69, 9.17) is 21.1 Å². The number of fused-ring (bicyclic) bond motifs is 3. The third kappa shape index (κ3) is 4.23. The summed E-state index contributed by atoms with van der Waals surface area (Å²) < 4.78 is 11.2. The number of nitrogens with one attached hydrogen (secondary N) is 2. The van der Waals surface area contributed by atoms with Gasteiger partial charge in [0, 0.05) is 11.1 Å². The smallest absolute Gasteiger partial charge is 0.325 e. The fourth-order valence-corrected chi connectivity index (χ4v) is 2.19. The SMILES string of the molecule is O=C1Nc2cncc(n2)OCCCCOc2cc(Cl)ccc2N1. The quantitative estimate of drug-likeness (QED) is 0.772. The lowest BCUT2D eigenvalue weighted by Gasteiger charge is -2.14. The molecule has 2 bridgehead atoms. The molecule has 2 N–H and O–H groups in total. The van der Waals surface area contributed by atoms with Crippen LogP contribution in [-0.4, -0.2) is 29.2 Å². The molecule has 1 aliphatic rings. The summed E-state index contributed by atoms with van der Waals surface area (Å²) in [5.41, 5.74) is 0.532. The van der Waals surface area contributed by atoms with Crippen LogP contribution in [0.25, 0.3) is 0 Å². The average molecular weight is 335 g/mol. The van der Waals surface area contributed by atoms with Gasteiger partial charge in [-0.1, -0.05) is 11.6 Å². The third-order valence-corrected chi connectivity index (χ3v) is 3.33. The van der Waals surface area contributed by atoms with E-state index in [0.29, 0.717) is 41.4 Å². The standard InChI is InChI=1S/C15H15ClN4O3/c16-10-3-4-11-12(7-10)22-5-1-2-6-23-14-9-17-8-13(19-14)20-15(21)18-11/h3-4,7-9H,1-2,5-6H2,(H2,18,19,20,21). The number of nitrogens with zero attached hydrogens (tertiary/aromatic N) is 2. The Morgan fingerprint density at radius 3 is 2.78 bits per heavy atom. The van der Waals surface area contributed by atoms with E-state index in [1.165, 1.54) is 12.4 Å². The Labute approximate surface area is 138 Å². The molecular weight excluding hydrogens is 320 g/mol. The summed E-state index contributed by atoms with van der Waals surface area (Å²) in [6, 6.07) is 4.58. The van der Waals surface area contributed by atoms with Gasteiger partial charge in [0.1, 0.15) is 5.75 Å². The number of halogens is 1. The van der Waals surface area contributed by atoms with E-state index in [0.717, 1.165) is 12.8 Å². The van der Waals surface area contributed by atoms with Crippen LogP contribution in [0.1, 0.15) is 12.8 Å². The van der Waals surface area contributed by atoms with E-state index in [2.05, 4.69) is 20.6 Å². The highest BCUT2D eigenvalue weighted by Gasteiger charge is 2.11. The highest BCUT2D eigenvalue weighted by Crippen LogP contribution is 2.28. The average Bonchev–Trinajstić information content (AvgIpc) is 2.52. The molecule has 0 saturated heterocycles. The maximum absolute atomic E-state index is 12.1. The second-order valence-corrected chi connectivity index (χ2v) is 5.30. The number of carbonyl (C=O) groups excluding carboxylic acids is 1. The lowest BCUT2D eigenvalue weighted by molar-refractivity contribution is 0.257. The zero-order valence-electron chi connectivity index (χ0n) is 12.2. The predicted molar refractivity (Wildman–Crippen MR) is 86.3 cm³/mol. The Kier molecular flexibility index (Phi) is 4.77. The first kappa shape index (κ1) is 15.4. The number of amides is 2. The van der Waals surface area contributed by atoms with Gasteiger partial charge in [-0.25, -0.2) is 4.79 Å².